The van der Waals surface area contributed by atoms with E-state index in [0.29, 0.717) is 0 Å². The second-order valence-corrected chi connectivity index (χ2v) is 4.20. The molecule has 126 valence electrons. The van der Waals surface area contributed by atoms with Crippen LogP contribution in [0.2, 0.25) is 0 Å². The van der Waals surface area contributed by atoms with Gasteiger partial charge in [-0.3, -0.25) is 9.53 Å². The van der Waals surface area contributed by atoms with Crippen LogP contribution < -0.4 is 0 Å². The normalized spacial score (nSPS) is 11.2. The Balaban J connectivity index is 3.44. The van der Waals surface area contributed by atoms with Gasteiger partial charge in [0.15, 0.2) is 0 Å². The van der Waals surface area contributed by atoms with Gasteiger partial charge in [0.25, 0.3) is 0 Å². The summed E-state index contributed by atoms with van der Waals surface area (Å²) in [6.07, 6.45) is 0. The number of halogens is 2. The van der Waals surface area contributed by atoms with E-state index in [1.54, 1.807) is 6.07 Å². The van der Waals surface area contributed by atoms with Crippen LogP contribution >= 0.6 is 0 Å². The van der Waals surface area contributed by atoms with Crippen LogP contribution in [0.5, 0.6) is 0 Å². The highest BCUT2D eigenvalue weighted by Gasteiger charge is 2.59. The molecule has 0 radical (unpaired) electrons. The Hall–Kier alpha value is -2.35. The molecule has 0 unspecified atom stereocenters. The molecule has 1 aromatic rings. The summed E-state index contributed by atoms with van der Waals surface area (Å²) in [7, 11) is 0. The molecular weight excluding hydrogens is 314 g/mol. The zero-order chi connectivity index (χ0) is 17.5. The van der Waals surface area contributed by atoms with Gasteiger partial charge in [-0.15, -0.1) is 0 Å². The molecule has 0 heterocycles. The van der Waals surface area contributed by atoms with E-state index in [9.17, 15) is 23.2 Å². The van der Waals surface area contributed by atoms with Crippen molar-refractivity contribution < 1.29 is 37.4 Å². The monoisotopic (exact) mass is 330 g/mol. The van der Waals surface area contributed by atoms with E-state index in [-0.39, 0.29) is 18.8 Å². The minimum absolute atomic E-state index is 0.172. The van der Waals surface area contributed by atoms with Crippen molar-refractivity contribution in [3.05, 3.63) is 35.9 Å². The number of Topliss-reactive ketones (excluding diaryl/α,β-unsaturated/α-hetero) is 1. The summed E-state index contributed by atoms with van der Waals surface area (Å²) in [5.74, 6) is -4.38. The lowest BCUT2D eigenvalue weighted by molar-refractivity contribution is -0.220. The first kappa shape index (κ1) is 18.7. The lowest BCUT2D eigenvalue weighted by atomic mass is 9.92. The van der Waals surface area contributed by atoms with Gasteiger partial charge in [0.1, 0.15) is 0 Å². The molecule has 1 aromatic carbocycles. The van der Waals surface area contributed by atoms with E-state index in [2.05, 4.69) is 14.2 Å². The van der Waals surface area contributed by atoms with Crippen LogP contribution in [-0.4, -0.2) is 43.1 Å². The van der Waals surface area contributed by atoms with Crippen LogP contribution in [0.4, 0.5) is 8.78 Å². The number of carbonyl (C=O) groups excluding carboxylic acids is 3. The molecule has 1 rings (SSSR count). The lowest BCUT2D eigenvalue weighted by Gasteiger charge is -2.27. The molecule has 23 heavy (non-hydrogen) atoms. The first-order chi connectivity index (χ1) is 10.9. The second kappa shape index (κ2) is 8.33. The van der Waals surface area contributed by atoms with Crippen molar-refractivity contribution >= 4 is 17.7 Å². The van der Waals surface area contributed by atoms with E-state index >= 15 is 0 Å². The molecular formula is C15H16F2O6. The highest BCUT2D eigenvalue weighted by molar-refractivity contribution is 6.29. The van der Waals surface area contributed by atoms with Gasteiger partial charge in [-0.25, -0.2) is 9.59 Å². The number of hydrogen-bond donors (Lipinski definition) is 0. The van der Waals surface area contributed by atoms with Crippen molar-refractivity contribution in [2.75, 3.05) is 13.2 Å². The molecule has 0 saturated heterocycles. The zero-order valence-corrected chi connectivity index (χ0v) is 12.6. The summed E-state index contributed by atoms with van der Waals surface area (Å²) in [6, 6.07) is 6.96. The number of carbonyl (C=O) groups is 3. The molecule has 0 amide bonds. The third-order valence-electron chi connectivity index (χ3n) is 2.75. The van der Waals surface area contributed by atoms with Gasteiger partial charge in [0.05, 0.1) is 13.2 Å². The van der Waals surface area contributed by atoms with E-state index in [1.807, 2.05) is 0 Å². The maximum atomic E-state index is 12.8. The van der Waals surface area contributed by atoms with Crippen LogP contribution in [0.1, 0.15) is 24.2 Å². The molecule has 0 N–H and O–H groups in total. The molecule has 0 aromatic heterocycles. The first-order valence-corrected chi connectivity index (χ1v) is 6.80. The van der Waals surface area contributed by atoms with Gasteiger partial charge in [0.2, 0.25) is 5.78 Å². The number of benzene rings is 1. The fourth-order valence-electron chi connectivity index (χ4n) is 1.81. The van der Waals surface area contributed by atoms with Gasteiger partial charge < -0.3 is 9.47 Å². The highest BCUT2D eigenvalue weighted by atomic mass is 19.3. The van der Waals surface area contributed by atoms with Gasteiger partial charge in [-0.05, 0) is 13.8 Å². The van der Waals surface area contributed by atoms with Crippen molar-refractivity contribution in [1.29, 1.82) is 0 Å². The van der Waals surface area contributed by atoms with Crippen LogP contribution in [0.15, 0.2) is 30.3 Å². The number of rotatable bonds is 8. The third-order valence-corrected chi connectivity index (χ3v) is 2.75. The summed E-state index contributed by atoms with van der Waals surface area (Å²) in [6.45, 7) is -1.27. The van der Waals surface area contributed by atoms with Crippen molar-refractivity contribution in [3.63, 3.8) is 0 Å². The fourth-order valence-corrected chi connectivity index (χ4v) is 1.81. The number of alkyl halides is 2. The molecule has 0 aliphatic carbocycles. The second-order valence-electron chi connectivity index (χ2n) is 4.20. The summed E-state index contributed by atoms with van der Waals surface area (Å²) in [5, 5.41) is 0. The summed E-state index contributed by atoms with van der Waals surface area (Å²) in [5.41, 5.74) is -3.38. The van der Waals surface area contributed by atoms with E-state index in [4.69, 9.17) is 0 Å². The van der Waals surface area contributed by atoms with Gasteiger partial charge in [-0.2, -0.15) is 8.78 Å². The SMILES string of the molecule is CCOC(=O)C(OC(F)F)(C(=O)OCC)C(=O)c1ccccc1. The van der Waals surface area contributed by atoms with Crippen molar-refractivity contribution in [2.24, 2.45) is 0 Å². The Morgan fingerprint density at radius 3 is 1.87 bits per heavy atom. The third kappa shape index (κ3) is 4.10. The Morgan fingerprint density at radius 1 is 1.00 bits per heavy atom. The summed E-state index contributed by atoms with van der Waals surface area (Å²) in [4.78, 5) is 36.8. The van der Waals surface area contributed by atoms with Crippen molar-refractivity contribution in [3.8, 4) is 0 Å². The average molecular weight is 330 g/mol. The van der Waals surface area contributed by atoms with Crippen molar-refractivity contribution in [1.82, 2.24) is 0 Å². The minimum atomic E-state index is -3.57. The predicted octanol–water partition coefficient (Wildman–Crippen LogP) is 1.97. The number of ether oxygens (including phenoxy) is 3. The van der Waals surface area contributed by atoms with E-state index in [0.717, 1.165) is 0 Å². The van der Waals surface area contributed by atoms with Crippen LogP contribution in [0.3, 0.4) is 0 Å². The maximum absolute atomic E-state index is 12.8. The van der Waals surface area contributed by atoms with E-state index < -0.39 is 29.9 Å². The first-order valence-electron chi connectivity index (χ1n) is 6.80. The Kier molecular flexibility index (Phi) is 6.77. The molecule has 0 bridgehead atoms. The predicted molar refractivity (Wildman–Crippen MR) is 73.9 cm³/mol. The Bertz CT molecular complexity index is 540. The van der Waals surface area contributed by atoms with Crippen LogP contribution in [-0.2, 0) is 23.8 Å². The minimum Gasteiger partial charge on any atom is -0.463 e. The Labute approximate surface area is 131 Å². The molecule has 0 aliphatic rings. The van der Waals surface area contributed by atoms with E-state index in [1.165, 1.54) is 38.1 Å². The molecule has 0 saturated carbocycles. The smallest absolute Gasteiger partial charge is 0.358 e. The fraction of sp³-hybridized carbons (Fsp3) is 0.400. The molecule has 8 heteroatoms. The van der Waals surface area contributed by atoms with Crippen LogP contribution in [0, 0.1) is 0 Å². The number of hydrogen-bond acceptors (Lipinski definition) is 6. The average Bonchev–Trinajstić information content (AvgIpc) is 2.53. The zero-order valence-electron chi connectivity index (χ0n) is 12.6. The standard InChI is InChI=1S/C15H16F2O6/c1-3-21-12(19)15(23-14(16)17,13(20)22-4-2)11(18)10-8-6-5-7-9-10/h5-9,14H,3-4H2,1-2H3. The molecule has 0 aliphatic heterocycles. The van der Waals surface area contributed by atoms with Gasteiger partial charge in [-0.1, -0.05) is 30.3 Å². The molecule has 0 fully saturated rings. The lowest BCUT2D eigenvalue weighted by Crippen LogP contribution is -2.58. The number of esters is 2. The van der Waals surface area contributed by atoms with Crippen LogP contribution in [0.25, 0.3) is 0 Å². The Morgan fingerprint density at radius 2 is 1.48 bits per heavy atom. The largest absolute Gasteiger partial charge is 0.463 e. The highest BCUT2D eigenvalue weighted by Crippen LogP contribution is 2.25. The maximum Gasteiger partial charge on any atom is 0.358 e. The number of ketones is 1. The topological polar surface area (TPSA) is 78.9 Å². The van der Waals surface area contributed by atoms with Gasteiger partial charge in [0, 0.05) is 5.56 Å². The summed E-state index contributed by atoms with van der Waals surface area (Å²) >= 11 is 0. The molecule has 6 nitrogen and oxygen atoms in total. The van der Waals surface area contributed by atoms with Gasteiger partial charge >= 0.3 is 24.2 Å². The molecule has 0 atom stereocenters. The summed E-state index contributed by atoms with van der Waals surface area (Å²) < 4.78 is 39.0. The quantitative estimate of drug-likeness (QED) is 0.412. The van der Waals surface area contributed by atoms with Crippen molar-refractivity contribution in [2.45, 2.75) is 26.1 Å². The molecule has 0 spiro atoms.